The van der Waals surface area contributed by atoms with Crippen LogP contribution in [0.5, 0.6) is 11.5 Å². The highest BCUT2D eigenvalue weighted by Gasteiger charge is 2.16. The van der Waals surface area contributed by atoms with E-state index in [4.69, 9.17) is 15.2 Å². The van der Waals surface area contributed by atoms with Gasteiger partial charge in [-0.15, -0.1) is 0 Å². The number of carbonyl (C=O) groups excluding carboxylic acids is 2. The molecule has 6 nitrogen and oxygen atoms in total. The molecule has 6 heteroatoms. The Bertz CT molecular complexity index is 717. The van der Waals surface area contributed by atoms with E-state index < -0.39 is 5.91 Å². The van der Waals surface area contributed by atoms with E-state index in [-0.39, 0.29) is 23.8 Å². The van der Waals surface area contributed by atoms with Gasteiger partial charge in [-0.2, -0.15) is 0 Å². The second-order valence-electron chi connectivity index (χ2n) is 5.43. The molecule has 0 atom stereocenters. The van der Waals surface area contributed by atoms with Crippen LogP contribution < -0.4 is 20.5 Å². The molecule has 25 heavy (non-hydrogen) atoms. The number of para-hydroxylation sites is 1. The number of nitrogens with one attached hydrogen (secondary N) is 1. The Labute approximate surface area is 146 Å². The normalized spacial score (nSPS) is 10.1. The van der Waals surface area contributed by atoms with Crippen LogP contribution in [0.2, 0.25) is 0 Å². The highest BCUT2D eigenvalue weighted by atomic mass is 16.5. The van der Waals surface area contributed by atoms with Gasteiger partial charge in [0.15, 0.2) is 18.1 Å². The lowest BCUT2D eigenvalue weighted by Gasteiger charge is -2.13. The average Bonchev–Trinajstić information content (AvgIpc) is 2.64. The molecule has 0 aliphatic rings. The number of amides is 2. The largest absolute Gasteiger partial charge is 0.493 e. The van der Waals surface area contributed by atoms with Crippen molar-refractivity contribution in [2.75, 3.05) is 20.3 Å². The van der Waals surface area contributed by atoms with Crippen LogP contribution in [-0.4, -0.2) is 32.1 Å². The molecule has 3 N–H and O–H groups in total. The predicted octanol–water partition coefficient (Wildman–Crippen LogP) is 1.92. The second-order valence-corrected chi connectivity index (χ2v) is 5.43. The van der Waals surface area contributed by atoms with Crippen molar-refractivity contribution in [3.8, 4) is 11.5 Å². The SMILES string of the molecule is COc1cccc(C(N)=O)c1OCC(=O)NCCCc1ccccc1. The zero-order valence-electron chi connectivity index (χ0n) is 14.2. The van der Waals surface area contributed by atoms with Gasteiger partial charge in [-0.1, -0.05) is 36.4 Å². The molecule has 0 radical (unpaired) electrons. The third kappa shape index (κ3) is 5.53. The number of hydrogen-bond acceptors (Lipinski definition) is 4. The van der Waals surface area contributed by atoms with Crippen molar-refractivity contribution in [3.63, 3.8) is 0 Å². The fraction of sp³-hybridized carbons (Fsp3) is 0.263. The molecule has 0 aliphatic heterocycles. The van der Waals surface area contributed by atoms with Crippen molar-refractivity contribution in [2.45, 2.75) is 12.8 Å². The van der Waals surface area contributed by atoms with Gasteiger partial charge >= 0.3 is 0 Å². The zero-order valence-corrected chi connectivity index (χ0v) is 14.2. The monoisotopic (exact) mass is 342 g/mol. The summed E-state index contributed by atoms with van der Waals surface area (Å²) >= 11 is 0. The van der Waals surface area contributed by atoms with Crippen molar-refractivity contribution in [3.05, 3.63) is 59.7 Å². The number of carbonyl (C=O) groups is 2. The van der Waals surface area contributed by atoms with Gasteiger partial charge in [-0.25, -0.2) is 0 Å². The van der Waals surface area contributed by atoms with Gasteiger partial charge in [0.25, 0.3) is 11.8 Å². The highest BCUT2D eigenvalue weighted by molar-refractivity contribution is 5.96. The van der Waals surface area contributed by atoms with E-state index in [1.165, 1.54) is 18.7 Å². The van der Waals surface area contributed by atoms with E-state index in [0.717, 1.165) is 12.8 Å². The van der Waals surface area contributed by atoms with Gasteiger partial charge in [-0.3, -0.25) is 9.59 Å². The maximum Gasteiger partial charge on any atom is 0.257 e. The van der Waals surface area contributed by atoms with Crippen molar-refractivity contribution in [2.24, 2.45) is 5.73 Å². The van der Waals surface area contributed by atoms with Crippen LogP contribution >= 0.6 is 0 Å². The summed E-state index contributed by atoms with van der Waals surface area (Å²) in [4.78, 5) is 23.4. The highest BCUT2D eigenvalue weighted by Crippen LogP contribution is 2.30. The first-order valence-corrected chi connectivity index (χ1v) is 8.02. The van der Waals surface area contributed by atoms with Crippen LogP contribution in [0.1, 0.15) is 22.3 Å². The Kier molecular flexibility index (Phi) is 6.83. The Morgan fingerprint density at radius 2 is 1.84 bits per heavy atom. The predicted molar refractivity (Wildman–Crippen MR) is 94.8 cm³/mol. The summed E-state index contributed by atoms with van der Waals surface area (Å²) in [6.45, 7) is 0.331. The molecule has 2 aromatic rings. The van der Waals surface area contributed by atoms with Crippen LogP contribution in [0.25, 0.3) is 0 Å². The molecule has 2 rings (SSSR count). The van der Waals surface area contributed by atoms with Crippen LogP contribution in [0.3, 0.4) is 0 Å². The number of methoxy groups -OCH3 is 1. The summed E-state index contributed by atoms with van der Waals surface area (Å²) < 4.78 is 10.6. The maximum atomic E-state index is 11.9. The number of aryl methyl sites for hydroxylation is 1. The first-order chi connectivity index (χ1) is 12.1. The van der Waals surface area contributed by atoms with Crippen molar-refractivity contribution < 1.29 is 19.1 Å². The van der Waals surface area contributed by atoms with E-state index >= 15 is 0 Å². The van der Waals surface area contributed by atoms with Crippen LogP contribution in [-0.2, 0) is 11.2 Å². The van der Waals surface area contributed by atoms with Gasteiger partial charge in [0, 0.05) is 6.54 Å². The minimum Gasteiger partial charge on any atom is -0.493 e. The van der Waals surface area contributed by atoms with E-state index in [2.05, 4.69) is 17.4 Å². The average molecular weight is 342 g/mol. The molecule has 0 unspecified atom stereocenters. The lowest BCUT2D eigenvalue weighted by molar-refractivity contribution is -0.123. The summed E-state index contributed by atoms with van der Waals surface area (Å²) in [5.74, 6) is -0.378. The summed E-state index contributed by atoms with van der Waals surface area (Å²) in [5, 5.41) is 2.79. The van der Waals surface area contributed by atoms with Crippen molar-refractivity contribution in [1.82, 2.24) is 5.32 Å². The Hall–Kier alpha value is -3.02. The van der Waals surface area contributed by atoms with Crippen LogP contribution in [0.15, 0.2) is 48.5 Å². The Morgan fingerprint density at radius 1 is 1.08 bits per heavy atom. The third-order valence-electron chi connectivity index (χ3n) is 3.62. The fourth-order valence-corrected chi connectivity index (χ4v) is 2.37. The third-order valence-corrected chi connectivity index (χ3v) is 3.62. The number of benzene rings is 2. The molecule has 0 heterocycles. The standard InChI is InChI=1S/C19H22N2O4/c1-24-16-11-5-10-15(19(20)23)18(16)25-13-17(22)21-12-6-9-14-7-3-2-4-8-14/h2-5,7-8,10-11H,6,9,12-13H2,1H3,(H2,20,23)(H,21,22). The summed E-state index contributed by atoms with van der Waals surface area (Å²) in [7, 11) is 1.45. The summed E-state index contributed by atoms with van der Waals surface area (Å²) in [6.07, 6.45) is 1.72. The van der Waals surface area contributed by atoms with E-state index in [0.29, 0.717) is 12.3 Å². The van der Waals surface area contributed by atoms with Gasteiger partial charge in [0.05, 0.1) is 12.7 Å². The minimum absolute atomic E-state index is 0.177. The first-order valence-electron chi connectivity index (χ1n) is 8.02. The lowest BCUT2D eigenvalue weighted by atomic mass is 10.1. The number of primary amides is 1. The molecule has 0 fully saturated rings. The van der Waals surface area contributed by atoms with Gasteiger partial charge in [0.1, 0.15) is 0 Å². The van der Waals surface area contributed by atoms with Gasteiger partial charge in [0.2, 0.25) is 0 Å². The Morgan fingerprint density at radius 3 is 2.52 bits per heavy atom. The molecule has 0 spiro atoms. The van der Waals surface area contributed by atoms with Crippen LogP contribution in [0.4, 0.5) is 0 Å². The lowest BCUT2D eigenvalue weighted by Crippen LogP contribution is -2.30. The van der Waals surface area contributed by atoms with E-state index in [1.54, 1.807) is 12.1 Å². The second kappa shape index (κ2) is 9.32. The zero-order chi connectivity index (χ0) is 18.1. The van der Waals surface area contributed by atoms with E-state index in [1.807, 2.05) is 18.2 Å². The molecule has 0 saturated heterocycles. The quantitative estimate of drug-likeness (QED) is 0.681. The molecule has 0 aromatic heterocycles. The molecule has 132 valence electrons. The number of nitrogens with two attached hydrogens (primary N) is 1. The Balaban J connectivity index is 1.81. The maximum absolute atomic E-state index is 11.9. The van der Waals surface area contributed by atoms with E-state index in [9.17, 15) is 9.59 Å². The smallest absolute Gasteiger partial charge is 0.257 e. The summed E-state index contributed by atoms with van der Waals surface area (Å²) in [6, 6.07) is 14.9. The molecular formula is C19H22N2O4. The van der Waals surface area contributed by atoms with Crippen LogP contribution in [0, 0.1) is 0 Å². The molecule has 0 aliphatic carbocycles. The number of ether oxygens (including phenoxy) is 2. The van der Waals surface area contributed by atoms with Crippen molar-refractivity contribution in [1.29, 1.82) is 0 Å². The number of hydrogen-bond donors (Lipinski definition) is 2. The summed E-state index contributed by atoms with van der Waals surface area (Å²) in [5.41, 5.74) is 6.73. The minimum atomic E-state index is -0.642. The fourth-order valence-electron chi connectivity index (χ4n) is 2.37. The molecule has 0 bridgehead atoms. The molecule has 2 amide bonds. The number of rotatable bonds is 9. The van der Waals surface area contributed by atoms with Crippen molar-refractivity contribution >= 4 is 11.8 Å². The molecule has 2 aromatic carbocycles. The topological polar surface area (TPSA) is 90.7 Å². The first kappa shape index (κ1) is 18.3. The van der Waals surface area contributed by atoms with Gasteiger partial charge in [-0.05, 0) is 30.5 Å². The van der Waals surface area contributed by atoms with Gasteiger partial charge < -0.3 is 20.5 Å². The molecule has 0 saturated carbocycles. The molecular weight excluding hydrogens is 320 g/mol.